The van der Waals surface area contributed by atoms with Gasteiger partial charge in [0.25, 0.3) is 0 Å². The summed E-state index contributed by atoms with van der Waals surface area (Å²) in [4.78, 5) is 4.02. The maximum atomic E-state index is 6.17. The van der Waals surface area contributed by atoms with Crippen molar-refractivity contribution in [3.05, 3.63) is 64.4 Å². The van der Waals surface area contributed by atoms with Crippen LogP contribution in [0, 0.1) is 6.92 Å². The van der Waals surface area contributed by atoms with Crippen molar-refractivity contribution in [2.75, 3.05) is 5.33 Å². The molecule has 0 radical (unpaired) electrons. The first-order chi connectivity index (χ1) is 8.72. The first-order valence-electron chi connectivity index (χ1n) is 5.92. The molecule has 1 atom stereocenters. The monoisotopic (exact) mass is 323 g/mol. The lowest BCUT2D eigenvalue weighted by Gasteiger charge is -2.17. The molecule has 94 valence electrons. The van der Waals surface area contributed by atoms with E-state index in [2.05, 4.69) is 52.1 Å². The molecule has 1 heterocycles. The molecule has 3 heteroatoms. The zero-order chi connectivity index (χ0) is 13.0. The van der Waals surface area contributed by atoms with Crippen LogP contribution in [0.15, 0.2) is 42.7 Å². The number of halogens is 2. The van der Waals surface area contributed by atoms with Gasteiger partial charge < -0.3 is 0 Å². The highest BCUT2D eigenvalue weighted by Gasteiger charge is 2.14. The number of alkyl halides is 1. The van der Waals surface area contributed by atoms with Gasteiger partial charge in [-0.1, -0.05) is 51.8 Å². The third kappa shape index (κ3) is 3.12. The summed E-state index contributed by atoms with van der Waals surface area (Å²) in [6.07, 6.45) is 4.43. The largest absolute Gasteiger partial charge is 0.263 e. The van der Waals surface area contributed by atoms with Crippen molar-refractivity contribution in [1.82, 2.24) is 4.98 Å². The molecule has 0 fully saturated rings. The second-order valence-corrected chi connectivity index (χ2v) is 5.43. The SMILES string of the molecule is Cc1ccccc1C(CBr)Cc1ccncc1Cl. The van der Waals surface area contributed by atoms with Crippen LogP contribution in [0.5, 0.6) is 0 Å². The highest BCUT2D eigenvalue weighted by molar-refractivity contribution is 9.09. The molecule has 1 nitrogen and oxygen atoms in total. The summed E-state index contributed by atoms with van der Waals surface area (Å²) in [6.45, 7) is 2.15. The fraction of sp³-hybridized carbons (Fsp3) is 0.267. The Kier molecular flexibility index (Phi) is 4.79. The summed E-state index contributed by atoms with van der Waals surface area (Å²) in [5.41, 5.74) is 3.86. The molecule has 0 aliphatic rings. The van der Waals surface area contributed by atoms with Crippen LogP contribution in [0.4, 0.5) is 0 Å². The molecule has 2 aromatic rings. The molecule has 2 rings (SSSR count). The Morgan fingerprint density at radius 1 is 1.28 bits per heavy atom. The van der Waals surface area contributed by atoms with Crippen LogP contribution in [-0.2, 0) is 6.42 Å². The molecule has 1 aromatic carbocycles. The van der Waals surface area contributed by atoms with Gasteiger partial charge in [0.05, 0.1) is 5.02 Å². The van der Waals surface area contributed by atoms with Gasteiger partial charge in [0.1, 0.15) is 0 Å². The van der Waals surface area contributed by atoms with Crippen LogP contribution >= 0.6 is 27.5 Å². The highest BCUT2D eigenvalue weighted by Crippen LogP contribution is 2.28. The molecular formula is C15H15BrClN. The molecule has 0 N–H and O–H groups in total. The average molecular weight is 325 g/mol. The van der Waals surface area contributed by atoms with Crippen LogP contribution in [0.2, 0.25) is 5.02 Å². The number of hydrogen-bond acceptors (Lipinski definition) is 1. The lowest BCUT2D eigenvalue weighted by Crippen LogP contribution is -2.06. The third-order valence-electron chi connectivity index (χ3n) is 3.14. The number of rotatable bonds is 4. The van der Waals surface area contributed by atoms with Crippen molar-refractivity contribution in [3.8, 4) is 0 Å². The smallest absolute Gasteiger partial charge is 0.0621 e. The number of aryl methyl sites for hydroxylation is 1. The number of pyridine rings is 1. The molecule has 0 saturated heterocycles. The molecular weight excluding hydrogens is 310 g/mol. The Morgan fingerprint density at radius 3 is 2.72 bits per heavy atom. The van der Waals surface area contributed by atoms with Gasteiger partial charge in [0.15, 0.2) is 0 Å². The normalized spacial score (nSPS) is 12.4. The van der Waals surface area contributed by atoms with E-state index in [-0.39, 0.29) is 0 Å². The fourth-order valence-corrected chi connectivity index (χ4v) is 2.90. The molecule has 0 aliphatic carbocycles. The van der Waals surface area contributed by atoms with E-state index >= 15 is 0 Å². The molecule has 18 heavy (non-hydrogen) atoms. The van der Waals surface area contributed by atoms with Gasteiger partial charge >= 0.3 is 0 Å². The average Bonchev–Trinajstić information content (AvgIpc) is 2.39. The minimum atomic E-state index is 0.436. The quantitative estimate of drug-likeness (QED) is 0.739. The fourth-order valence-electron chi connectivity index (χ4n) is 2.13. The molecule has 0 spiro atoms. The number of aromatic nitrogens is 1. The maximum Gasteiger partial charge on any atom is 0.0621 e. The van der Waals surface area contributed by atoms with Gasteiger partial charge in [-0.25, -0.2) is 0 Å². The van der Waals surface area contributed by atoms with Crippen molar-refractivity contribution in [2.24, 2.45) is 0 Å². The second-order valence-electron chi connectivity index (χ2n) is 4.38. The van der Waals surface area contributed by atoms with Crippen LogP contribution in [0.1, 0.15) is 22.6 Å². The Labute approximate surface area is 121 Å². The second kappa shape index (κ2) is 6.35. The molecule has 0 bridgehead atoms. The zero-order valence-electron chi connectivity index (χ0n) is 10.2. The lowest BCUT2D eigenvalue weighted by molar-refractivity contribution is 0.768. The Balaban J connectivity index is 2.26. The summed E-state index contributed by atoms with van der Waals surface area (Å²) in [5.74, 6) is 0.436. The maximum absolute atomic E-state index is 6.17. The highest BCUT2D eigenvalue weighted by atomic mass is 79.9. The van der Waals surface area contributed by atoms with E-state index in [0.717, 1.165) is 22.3 Å². The standard InChI is InChI=1S/C15H15BrClN/c1-11-4-2-3-5-14(11)13(9-16)8-12-6-7-18-10-15(12)17/h2-7,10,13H,8-9H2,1H3. The van der Waals surface area contributed by atoms with Gasteiger partial charge in [-0.2, -0.15) is 0 Å². The number of hydrogen-bond donors (Lipinski definition) is 0. The molecule has 0 amide bonds. The van der Waals surface area contributed by atoms with Crippen LogP contribution in [-0.4, -0.2) is 10.3 Å². The number of benzene rings is 1. The van der Waals surface area contributed by atoms with E-state index in [1.807, 2.05) is 6.07 Å². The first-order valence-corrected chi connectivity index (χ1v) is 7.42. The van der Waals surface area contributed by atoms with Gasteiger partial charge in [0, 0.05) is 17.7 Å². The summed E-state index contributed by atoms with van der Waals surface area (Å²) < 4.78 is 0. The third-order valence-corrected chi connectivity index (χ3v) is 4.26. The van der Waals surface area contributed by atoms with Gasteiger partial charge in [-0.05, 0) is 42.0 Å². The Hall–Kier alpha value is -0.860. The molecule has 1 unspecified atom stereocenters. The van der Waals surface area contributed by atoms with Crippen molar-refractivity contribution >= 4 is 27.5 Å². The topological polar surface area (TPSA) is 12.9 Å². The Morgan fingerprint density at radius 2 is 2.06 bits per heavy atom. The van der Waals surface area contributed by atoms with Crippen LogP contribution in [0.3, 0.4) is 0 Å². The van der Waals surface area contributed by atoms with Gasteiger partial charge in [-0.3, -0.25) is 4.98 Å². The van der Waals surface area contributed by atoms with Crippen molar-refractivity contribution in [1.29, 1.82) is 0 Å². The zero-order valence-corrected chi connectivity index (χ0v) is 12.6. The van der Waals surface area contributed by atoms with Crippen LogP contribution < -0.4 is 0 Å². The van der Waals surface area contributed by atoms with E-state index in [1.54, 1.807) is 12.4 Å². The first kappa shape index (κ1) is 13.6. The minimum absolute atomic E-state index is 0.436. The summed E-state index contributed by atoms with van der Waals surface area (Å²) in [7, 11) is 0. The van der Waals surface area contributed by atoms with Crippen molar-refractivity contribution in [2.45, 2.75) is 19.3 Å². The molecule has 0 saturated carbocycles. The van der Waals surface area contributed by atoms with Crippen molar-refractivity contribution < 1.29 is 0 Å². The summed E-state index contributed by atoms with van der Waals surface area (Å²) in [5, 5.41) is 1.67. The van der Waals surface area contributed by atoms with E-state index < -0.39 is 0 Å². The van der Waals surface area contributed by atoms with Crippen molar-refractivity contribution in [3.63, 3.8) is 0 Å². The Bertz CT molecular complexity index is 527. The van der Waals surface area contributed by atoms with Gasteiger partial charge in [0.2, 0.25) is 0 Å². The van der Waals surface area contributed by atoms with E-state index in [9.17, 15) is 0 Å². The van der Waals surface area contributed by atoms with E-state index in [0.29, 0.717) is 5.92 Å². The lowest BCUT2D eigenvalue weighted by atomic mass is 9.91. The summed E-state index contributed by atoms with van der Waals surface area (Å²) in [6, 6.07) is 10.5. The molecule has 1 aromatic heterocycles. The van der Waals surface area contributed by atoms with E-state index in [4.69, 9.17) is 11.6 Å². The van der Waals surface area contributed by atoms with E-state index in [1.165, 1.54) is 11.1 Å². The van der Waals surface area contributed by atoms with Gasteiger partial charge in [-0.15, -0.1) is 0 Å². The van der Waals surface area contributed by atoms with Crippen LogP contribution in [0.25, 0.3) is 0 Å². The predicted molar refractivity (Wildman–Crippen MR) is 80.7 cm³/mol. The summed E-state index contributed by atoms with van der Waals surface area (Å²) >= 11 is 9.78. The number of nitrogens with zero attached hydrogens (tertiary/aromatic N) is 1. The minimum Gasteiger partial charge on any atom is -0.263 e. The predicted octanol–water partition coefficient (Wildman–Crippen LogP) is 4.76. The molecule has 0 aliphatic heterocycles.